The molecule has 2 rings (SSSR count). The van der Waals surface area contributed by atoms with Gasteiger partial charge in [0.05, 0.1) is 6.04 Å². The quantitative estimate of drug-likeness (QED) is 0.387. The third-order valence-electron chi connectivity index (χ3n) is 6.65. The van der Waals surface area contributed by atoms with Crippen molar-refractivity contribution < 1.29 is 19.5 Å². The monoisotopic (exact) mass is 472 g/mol. The third kappa shape index (κ3) is 9.57. The van der Waals surface area contributed by atoms with Crippen molar-refractivity contribution in [3.05, 3.63) is 35.9 Å². The van der Waals surface area contributed by atoms with E-state index in [1.54, 1.807) is 24.3 Å². The molecule has 0 aliphatic heterocycles. The van der Waals surface area contributed by atoms with Crippen LogP contribution in [0.5, 0.6) is 0 Å². The fourth-order valence-electron chi connectivity index (χ4n) is 4.65. The van der Waals surface area contributed by atoms with E-state index in [0.29, 0.717) is 36.7 Å². The molecule has 1 aromatic carbocycles. The van der Waals surface area contributed by atoms with Crippen LogP contribution in [0.25, 0.3) is 0 Å². The molecule has 1 aliphatic carbocycles. The molecule has 3 atom stereocenters. The number of ketones is 1. The van der Waals surface area contributed by atoms with Gasteiger partial charge in [0.25, 0.3) is 0 Å². The van der Waals surface area contributed by atoms with E-state index >= 15 is 0 Å². The smallest absolute Gasteiger partial charge is 0.243 e. The van der Waals surface area contributed by atoms with Gasteiger partial charge in [0, 0.05) is 6.42 Å². The Morgan fingerprint density at radius 3 is 2.15 bits per heavy atom. The number of hydrogen-bond donors (Lipinski definition) is 3. The number of carbonyl (C=O) groups excluding carboxylic acids is 3. The summed E-state index contributed by atoms with van der Waals surface area (Å²) < 4.78 is 0. The van der Waals surface area contributed by atoms with Gasteiger partial charge in [-0.05, 0) is 42.6 Å². The van der Waals surface area contributed by atoms with E-state index in [2.05, 4.69) is 24.5 Å². The highest BCUT2D eigenvalue weighted by molar-refractivity contribution is 5.95. The van der Waals surface area contributed by atoms with Crippen LogP contribution in [0.15, 0.2) is 30.3 Å². The molecule has 1 unspecified atom stereocenters. The molecular formula is C28H44N2O4. The maximum Gasteiger partial charge on any atom is 0.243 e. The molecule has 34 heavy (non-hydrogen) atoms. The molecule has 6 heteroatoms. The van der Waals surface area contributed by atoms with Crippen LogP contribution in [0.3, 0.4) is 0 Å². The first-order valence-corrected chi connectivity index (χ1v) is 13.0. The molecule has 0 heterocycles. The fraction of sp³-hybridized carbons (Fsp3) is 0.679. The van der Waals surface area contributed by atoms with Gasteiger partial charge in [0.2, 0.25) is 11.8 Å². The summed E-state index contributed by atoms with van der Waals surface area (Å²) in [5.74, 6) is 0.0633. The van der Waals surface area contributed by atoms with Gasteiger partial charge in [-0.15, -0.1) is 0 Å². The lowest BCUT2D eigenvalue weighted by Crippen LogP contribution is -2.53. The molecule has 0 saturated heterocycles. The third-order valence-corrected chi connectivity index (χ3v) is 6.65. The maximum atomic E-state index is 13.3. The van der Waals surface area contributed by atoms with Crippen LogP contribution >= 0.6 is 0 Å². The molecule has 0 spiro atoms. The normalized spacial score (nSPS) is 17.3. The number of amides is 2. The van der Waals surface area contributed by atoms with Crippen molar-refractivity contribution in [2.45, 2.75) is 104 Å². The Bertz CT molecular complexity index is 772. The van der Waals surface area contributed by atoms with Crippen molar-refractivity contribution in [1.29, 1.82) is 0 Å². The van der Waals surface area contributed by atoms with Crippen molar-refractivity contribution in [1.82, 2.24) is 10.6 Å². The number of aliphatic hydroxyl groups is 1. The molecular weight excluding hydrogens is 428 g/mol. The average molecular weight is 473 g/mol. The summed E-state index contributed by atoms with van der Waals surface area (Å²) in [4.78, 5) is 39.1. The van der Waals surface area contributed by atoms with E-state index < -0.39 is 18.2 Å². The molecule has 3 N–H and O–H groups in total. The summed E-state index contributed by atoms with van der Waals surface area (Å²) in [5.41, 5.74) is 0.524. The van der Waals surface area contributed by atoms with Crippen molar-refractivity contribution >= 4 is 17.6 Å². The van der Waals surface area contributed by atoms with E-state index in [1.807, 2.05) is 19.9 Å². The largest absolute Gasteiger partial charge is 0.380 e. The maximum absolute atomic E-state index is 13.3. The Labute approximate surface area is 205 Å². The highest BCUT2D eigenvalue weighted by Gasteiger charge is 2.33. The van der Waals surface area contributed by atoms with Gasteiger partial charge in [-0.25, -0.2) is 0 Å². The van der Waals surface area contributed by atoms with Gasteiger partial charge in [0.1, 0.15) is 12.1 Å². The second kappa shape index (κ2) is 14.2. The summed E-state index contributed by atoms with van der Waals surface area (Å²) >= 11 is 0. The van der Waals surface area contributed by atoms with E-state index in [0.717, 1.165) is 32.1 Å². The summed E-state index contributed by atoms with van der Waals surface area (Å²) in [7, 11) is 0. The minimum absolute atomic E-state index is 0.144. The number of Topliss-reactive ketones (excluding diaryl/α,β-unsaturated/α-hetero) is 1. The van der Waals surface area contributed by atoms with Crippen LogP contribution in [-0.4, -0.2) is 34.8 Å². The molecule has 1 aromatic rings. The van der Waals surface area contributed by atoms with Gasteiger partial charge in [-0.2, -0.15) is 0 Å². The first-order valence-electron chi connectivity index (χ1n) is 13.0. The van der Waals surface area contributed by atoms with Gasteiger partial charge in [0.15, 0.2) is 5.78 Å². The lowest BCUT2D eigenvalue weighted by molar-refractivity contribution is -0.135. The number of benzene rings is 1. The average Bonchev–Trinajstić information content (AvgIpc) is 2.81. The van der Waals surface area contributed by atoms with Crippen LogP contribution in [0, 0.1) is 17.8 Å². The van der Waals surface area contributed by atoms with Crippen LogP contribution in [-0.2, 0) is 14.4 Å². The zero-order valence-corrected chi connectivity index (χ0v) is 21.4. The Morgan fingerprint density at radius 2 is 1.56 bits per heavy atom. The van der Waals surface area contributed by atoms with Gasteiger partial charge in [-0.1, -0.05) is 90.1 Å². The molecule has 6 nitrogen and oxygen atoms in total. The Kier molecular flexibility index (Phi) is 11.7. The molecule has 0 aromatic heterocycles. The van der Waals surface area contributed by atoms with Gasteiger partial charge >= 0.3 is 0 Å². The van der Waals surface area contributed by atoms with Crippen molar-refractivity contribution in [2.75, 3.05) is 0 Å². The summed E-state index contributed by atoms with van der Waals surface area (Å²) in [6.07, 6.45) is 6.36. The van der Waals surface area contributed by atoms with Crippen LogP contribution in [0.2, 0.25) is 0 Å². The molecule has 0 radical (unpaired) electrons. The molecule has 1 fully saturated rings. The first kappa shape index (κ1) is 28.0. The van der Waals surface area contributed by atoms with Crippen LogP contribution < -0.4 is 10.6 Å². The highest BCUT2D eigenvalue weighted by Crippen LogP contribution is 2.29. The van der Waals surface area contributed by atoms with Crippen molar-refractivity contribution in [3.63, 3.8) is 0 Å². The summed E-state index contributed by atoms with van der Waals surface area (Å²) in [6, 6.07) is 7.36. The van der Waals surface area contributed by atoms with E-state index in [9.17, 15) is 19.5 Å². The van der Waals surface area contributed by atoms with Gasteiger partial charge < -0.3 is 15.7 Å². The number of rotatable bonds is 13. The Morgan fingerprint density at radius 1 is 0.912 bits per heavy atom. The number of nitrogens with one attached hydrogen (secondary N) is 2. The SMILES string of the molecule is CC(C)CCC(=O)N[C@@H](CC(C)C)C(=O)N[C@@H](CC1CCCCC1)C(=O)C(O)c1ccccc1. The number of carbonyl (C=O) groups is 3. The standard InChI is InChI=1S/C28H44N2O4/c1-19(2)15-16-25(31)29-24(17-20(3)4)28(34)30-23(18-21-11-7-5-8-12-21)27(33)26(32)22-13-9-6-10-14-22/h6,9-10,13-14,19-21,23-24,26,32H,5,7-8,11-12,15-18H2,1-4H3,(H,29,31)(H,30,34)/t23-,24-,26?/m0/s1. The summed E-state index contributed by atoms with van der Waals surface area (Å²) in [5, 5.41) is 16.6. The van der Waals surface area contributed by atoms with E-state index in [4.69, 9.17) is 0 Å². The fourth-order valence-corrected chi connectivity index (χ4v) is 4.65. The highest BCUT2D eigenvalue weighted by atomic mass is 16.3. The minimum Gasteiger partial charge on any atom is -0.380 e. The number of aliphatic hydroxyl groups excluding tert-OH is 1. The Hall–Kier alpha value is -2.21. The second-order valence-corrected chi connectivity index (χ2v) is 10.7. The van der Waals surface area contributed by atoms with E-state index in [1.165, 1.54) is 6.42 Å². The molecule has 190 valence electrons. The lowest BCUT2D eigenvalue weighted by atomic mass is 9.83. The minimum atomic E-state index is -1.29. The topological polar surface area (TPSA) is 95.5 Å². The summed E-state index contributed by atoms with van der Waals surface area (Å²) in [6.45, 7) is 8.13. The molecule has 1 aliphatic rings. The first-order chi connectivity index (χ1) is 16.2. The van der Waals surface area contributed by atoms with Crippen LogP contribution in [0.1, 0.15) is 97.1 Å². The predicted octanol–water partition coefficient (Wildman–Crippen LogP) is 4.71. The predicted molar refractivity (Wildman–Crippen MR) is 135 cm³/mol. The van der Waals surface area contributed by atoms with Crippen molar-refractivity contribution in [2.24, 2.45) is 17.8 Å². The van der Waals surface area contributed by atoms with E-state index in [-0.39, 0.29) is 23.5 Å². The Balaban J connectivity index is 2.15. The van der Waals surface area contributed by atoms with Crippen molar-refractivity contribution in [3.8, 4) is 0 Å². The molecule has 2 amide bonds. The lowest BCUT2D eigenvalue weighted by Gasteiger charge is -2.29. The molecule has 0 bridgehead atoms. The zero-order valence-electron chi connectivity index (χ0n) is 21.4. The van der Waals surface area contributed by atoms with Crippen LogP contribution in [0.4, 0.5) is 0 Å². The zero-order chi connectivity index (χ0) is 25.1. The number of hydrogen-bond acceptors (Lipinski definition) is 4. The molecule has 1 saturated carbocycles. The second-order valence-electron chi connectivity index (χ2n) is 10.7. The van der Waals surface area contributed by atoms with Gasteiger partial charge in [-0.3, -0.25) is 14.4 Å².